The smallest absolute Gasteiger partial charge is 0.0429 e. The van der Waals surface area contributed by atoms with Gasteiger partial charge < -0.3 is 4.90 Å². The Balaban J connectivity index is 2.26. The van der Waals surface area contributed by atoms with Crippen LogP contribution in [-0.2, 0) is 6.42 Å². The van der Waals surface area contributed by atoms with Crippen molar-refractivity contribution in [2.75, 3.05) is 18.0 Å². The fourth-order valence-corrected chi connectivity index (χ4v) is 1.96. The molecule has 0 N–H and O–H groups in total. The van der Waals surface area contributed by atoms with Gasteiger partial charge in [-0.15, -0.1) is 0 Å². The summed E-state index contributed by atoms with van der Waals surface area (Å²) in [6.07, 6.45) is 7.65. The molecule has 0 aliphatic carbocycles. The Labute approximate surface area is 79.6 Å². The Hall–Kier alpha value is -1.05. The van der Waals surface area contributed by atoms with Gasteiger partial charge in [-0.05, 0) is 30.9 Å². The zero-order valence-electron chi connectivity index (χ0n) is 8.16. The molecule has 2 rings (SSSR count). The van der Waals surface area contributed by atoms with E-state index in [-0.39, 0.29) is 0 Å². The molecule has 0 unspecified atom stereocenters. The monoisotopic (exact) mass is 176 g/mol. The molecule has 1 aromatic rings. The number of nitrogens with zero attached hydrogens (tertiary/aromatic N) is 2. The molecule has 0 atom stereocenters. The highest BCUT2D eigenvalue weighted by Gasteiger charge is 2.14. The topological polar surface area (TPSA) is 16.1 Å². The van der Waals surface area contributed by atoms with Crippen molar-refractivity contribution >= 4 is 5.69 Å². The van der Waals surface area contributed by atoms with Gasteiger partial charge in [0, 0.05) is 31.2 Å². The van der Waals surface area contributed by atoms with Gasteiger partial charge in [0.05, 0.1) is 0 Å². The summed E-state index contributed by atoms with van der Waals surface area (Å²) in [5, 5.41) is 0. The third-order valence-corrected chi connectivity index (χ3v) is 2.71. The molecule has 0 spiro atoms. The second-order valence-corrected chi connectivity index (χ2v) is 3.55. The van der Waals surface area contributed by atoms with E-state index in [1.807, 2.05) is 12.4 Å². The van der Waals surface area contributed by atoms with E-state index in [1.54, 1.807) is 0 Å². The van der Waals surface area contributed by atoms with Gasteiger partial charge in [-0.3, -0.25) is 4.98 Å². The molecule has 0 aromatic carbocycles. The molecular weight excluding hydrogens is 160 g/mol. The van der Waals surface area contributed by atoms with E-state index in [9.17, 15) is 0 Å². The van der Waals surface area contributed by atoms with Gasteiger partial charge in [-0.25, -0.2) is 0 Å². The summed E-state index contributed by atoms with van der Waals surface area (Å²) in [5.41, 5.74) is 2.78. The molecule has 2 nitrogen and oxygen atoms in total. The van der Waals surface area contributed by atoms with Crippen molar-refractivity contribution in [3.63, 3.8) is 0 Å². The molecule has 1 aliphatic rings. The number of rotatable bonds is 2. The van der Waals surface area contributed by atoms with Crippen LogP contribution in [0.3, 0.4) is 0 Å². The van der Waals surface area contributed by atoms with Crippen molar-refractivity contribution < 1.29 is 0 Å². The predicted molar refractivity (Wildman–Crippen MR) is 55.1 cm³/mol. The van der Waals surface area contributed by atoms with Gasteiger partial charge in [-0.1, -0.05) is 6.92 Å². The number of anilines is 1. The van der Waals surface area contributed by atoms with Crippen LogP contribution in [0.25, 0.3) is 0 Å². The second kappa shape index (κ2) is 3.77. The lowest BCUT2D eigenvalue weighted by Gasteiger charge is -2.20. The lowest BCUT2D eigenvalue weighted by molar-refractivity contribution is 0.941. The first-order valence-electron chi connectivity index (χ1n) is 5.09. The Morgan fingerprint density at radius 3 is 2.85 bits per heavy atom. The molecule has 13 heavy (non-hydrogen) atoms. The second-order valence-electron chi connectivity index (χ2n) is 3.55. The van der Waals surface area contributed by atoms with Crippen molar-refractivity contribution in [2.45, 2.75) is 26.2 Å². The van der Waals surface area contributed by atoms with Crippen molar-refractivity contribution in [3.05, 3.63) is 24.0 Å². The van der Waals surface area contributed by atoms with Gasteiger partial charge in [0.2, 0.25) is 0 Å². The summed E-state index contributed by atoms with van der Waals surface area (Å²) in [5.74, 6) is 0. The first-order valence-corrected chi connectivity index (χ1v) is 5.09. The van der Waals surface area contributed by atoms with Crippen LogP contribution < -0.4 is 4.90 Å². The Kier molecular flexibility index (Phi) is 2.48. The van der Waals surface area contributed by atoms with Crippen molar-refractivity contribution in [2.24, 2.45) is 0 Å². The maximum absolute atomic E-state index is 4.16. The Bertz CT molecular complexity index is 277. The highest BCUT2D eigenvalue weighted by atomic mass is 15.1. The molecule has 2 heteroatoms. The lowest BCUT2D eigenvalue weighted by atomic mass is 10.2. The highest BCUT2D eigenvalue weighted by molar-refractivity contribution is 5.52. The van der Waals surface area contributed by atoms with Gasteiger partial charge >= 0.3 is 0 Å². The van der Waals surface area contributed by atoms with E-state index in [1.165, 1.54) is 37.2 Å². The van der Waals surface area contributed by atoms with Crippen LogP contribution in [0.5, 0.6) is 0 Å². The first kappa shape index (κ1) is 8.54. The minimum atomic E-state index is 1.08. The number of hydrogen-bond acceptors (Lipinski definition) is 2. The standard InChI is InChI=1S/C11H16N2/c1-2-10-9-12-6-5-11(10)13-7-3-4-8-13/h5-6,9H,2-4,7-8H2,1H3. The van der Waals surface area contributed by atoms with Gasteiger partial charge in [-0.2, -0.15) is 0 Å². The Morgan fingerprint density at radius 2 is 2.15 bits per heavy atom. The van der Waals surface area contributed by atoms with Gasteiger partial charge in [0.25, 0.3) is 0 Å². The zero-order valence-corrected chi connectivity index (χ0v) is 8.16. The van der Waals surface area contributed by atoms with Crippen LogP contribution in [-0.4, -0.2) is 18.1 Å². The number of pyridine rings is 1. The van der Waals surface area contributed by atoms with E-state index in [0.717, 1.165) is 6.42 Å². The molecule has 0 amide bonds. The first-order chi connectivity index (χ1) is 6.42. The third kappa shape index (κ3) is 1.67. The van der Waals surface area contributed by atoms with Crippen LogP contribution in [0.4, 0.5) is 5.69 Å². The van der Waals surface area contributed by atoms with Crippen molar-refractivity contribution in [3.8, 4) is 0 Å². The fraction of sp³-hybridized carbons (Fsp3) is 0.545. The van der Waals surface area contributed by atoms with Crippen LogP contribution in [0.15, 0.2) is 18.5 Å². The van der Waals surface area contributed by atoms with E-state index in [4.69, 9.17) is 0 Å². The van der Waals surface area contributed by atoms with Crippen LogP contribution in [0, 0.1) is 0 Å². The average Bonchev–Trinajstić information content (AvgIpc) is 2.70. The normalized spacial score (nSPS) is 16.5. The molecule has 1 aliphatic heterocycles. The Morgan fingerprint density at radius 1 is 1.38 bits per heavy atom. The maximum Gasteiger partial charge on any atom is 0.0429 e. The van der Waals surface area contributed by atoms with Crippen LogP contribution in [0.1, 0.15) is 25.3 Å². The highest BCUT2D eigenvalue weighted by Crippen LogP contribution is 2.23. The molecule has 0 saturated carbocycles. The largest absolute Gasteiger partial charge is 0.371 e. The number of hydrogen-bond donors (Lipinski definition) is 0. The molecule has 2 heterocycles. The SMILES string of the molecule is CCc1cnccc1N1CCCC1. The molecule has 1 aromatic heterocycles. The predicted octanol–water partition coefficient (Wildman–Crippen LogP) is 2.24. The van der Waals surface area contributed by atoms with Crippen molar-refractivity contribution in [1.82, 2.24) is 4.98 Å². The summed E-state index contributed by atoms with van der Waals surface area (Å²) in [4.78, 5) is 6.63. The molecule has 0 bridgehead atoms. The summed E-state index contributed by atoms with van der Waals surface area (Å²) >= 11 is 0. The quantitative estimate of drug-likeness (QED) is 0.687. The molecule has 1 saturated heterocycles. The summed E-state index contributed by atoms with van der Waals surface area (Å²) in [7, 11) is 0. The third-order valence-electron chi connectivity index (χ3n) is 2.71. The summed E-state index contributed by atoms with van der Waals surface area (Å²) in [6, 6.07) is 2.14. The maximum atomic E-state index is 4.16. The fourth-order valence-electron chi connectivity index (χ4n) is 1.96. The molecular formula is C11H16N2. The van der Waals surface area contributed by atoms with E-state index in [0.29, 0.717) is 0 Å². The minimum Gasteiger partial charge on any atom is -0.371 e. The lowest BCUT2D eigenvalue weighted by Crippen LogP contribution is -2.19. The van der Waals surface area contributed by atoms with E-state index >= 15 is 0 Å². The van der Waals surface area contributed by atoms with Gasteiger partial charge in [0.15, 0.2) is 0 Å². The van der Waals surface area contributed by atoms with Crippen LogP contribution >= 0.6 is 0 Å². The van der Waals surface area contributed by atoms with E-state index in [2.05, 4.69) is 22.9 Å². The van der Waals surface area contributed by atoms with E-state index < -0.39 is 0 Å². The van der Waals surface area contributed by atoms with Gasteiger partial charge in [0.1, 0.15) is 0 Å². The average molecular weight is 176 g/mol. The molecule has 70 valence electrons. The van der Waals surface area contributed by atoms with Crippen molar-refractivity contribution in [1.29, 1.82) is 0 Å². The summed E-state index contributed by atoms with van der Waals surface area (Å²) in [6.45, 7) is 4.63. The number of aromatic nitrogens is 1. The molecule has 0 radical (unpaired) electrons. The molecule has 1 fully saturated rings. The zero-order chi connectivity index (χ0) is 9.10. The number of aryl methyl sites for hydroxylation is 1. The minimum absolute atomic E-state index is 1.08. The summed E-state index contributed by atoms with van der Waals surface area (Å²) < 4.78 is 0. The van der Waals surface area contributed by atoms with Crippen LogP contribution in [0.2, 0.25) is 0 Å².